The van der Waals surface area contributed by atoms with E-state index in [9.17, 15) is 27.9 Å². The predicted molar refractivity (Wildman–Crippen MR) is 175 cm³/mol. The lowest BCUT2D eigenvalue weighted by Crippen LogP contribution is -2.76. The van der Waals surface area contributed by atoms with Gasteiger partial charge in [0.2, 0.25) is 14.8 Å². The predicted octanol–water partition coefficient (Wildman–Crippen LogP) is 4.39. The van der Waals surface area contributed by atoms with Gasteiger partial charge in [-0.3, -0.25) is 9.59 Å². The first kappa shape index (κ1) is 33.1. The molecule has 1 aliphatic rings. The van der Waals surface area contributed by atoms with E-state index < -0.39 is 56.3 Å². The lowest BCUT2D eigenvalue weighted by Gasteiger charge is -2.53. The van der Waals surface area contributed by atoms with E-state index in [0.717, 1.165) is 16.0 Å². The molecule has 4 aromatic rings. The average Bonchev–Trinajstić information content (AvgIpc) is 3.05. The highest BCUT2D eigenvalue weighted by atomic mass is 33.1. The van der Waals surface area contributed by atoms with E-state index in [1.165, 1.54) is 19.1 Å². The number of Topliss-reactive ketones (excluding diaryl/α,β-unsaturated/α-hetero) is 1. The Hall–Kier alpha value is -4.29. The third-order valence-electron chi connectivity index (χ3n) is 7.64. The number of rotatable bonds is 12. The molecular formula is C35H34N2O7S2. The normalized spacial score (nSPS) is 18.7. The molecular weight excluding hydrogens is 625 g/mol. The average molecular weight is 659 g/mol. The SMILES string of the molecule is CC(=O)C(C(=O)OC(c1ccccc1)c1ccccc1)N1C(O)C(NC(=O)Cc2ccccc2)C1SS(=O)(=O)c1ccc(C)cc1. The summed E-state index contributed by atoms with van der Waals surface area (Å²) in [6.07, 6.45) is -2.45. The van der Waals surface area contributed by atoms with Gasteiger partial charge in [0.15, 0.2) is 17.9 Å². The van der Waals surface area contributed by atoms with E-state index in [0.29, 0.717) is 21.9 Å². The van der Waals surface area contributed by atoms with Crippen LogP contribution in [0.3, 0.4) is 0 Å². The summed E-state index contributed by atoms with van der Waals surface area (Å²) in [5, 5.41) is 12.9. The van der Waals surface area contributed by atoms with Gasteiger partial charge in [-0.2, -0.15) is 0 Å². The van der Waals surface area contributed by atoms with Crippen molar-refractivity contribution < 1.29 is 32.6 Å². The lowest BCUT2D eigenvalue weighted by atomic mass is 9.98. The Bertz CT molecular complexity index is 1730. The van der Waals surface area contributed by atoms with Crippen LogP contribution < -0.4 is 5.32 Å². The molecule has 4 unspecified atom stereocenters. The summed E-state index contributed by atoms with van der Waals surface area (Å²) in [4.78, 5) is 41.1. The summed E-state index contributed by atoms with van der Waals surface area (Å²) in [6, 6.07) is 30.4. The number of carbonyl (C=O) groups excluding carboxylic acids is 3. The Morgan fingerprint density at radius 3 is 1.89 bits per heavy atom. The second kappa shape index (κ2) is 14.4. The fraction of sp³-hybridized carbons (Fsp3) is 0.229. The fourth-order valence-electron chi connectivity index (χ4n) is 5.29. The highest BCUT2D eigenvalue weighted by Gasteiger charge is 2.57. The van der Waals surface area contributed by atoms with E-state index in [1.54, 1.807) is 84.9 Å². The Labute approximate surface area is 271 Å². The van der Waals surface area contributed by atoms with Crippen LogP contribution in [0.25, 0.3) is 0 Å². The van der Waals surface area contributed by atoms with Gasteiger partial charge in [-0.25, -0.2) is 18.1 Å². The van der Waals surface area contributed by atoms with Crippen molar-refractivity contribution in [1.82, 2.24) is 10.2 Å². The molecule has 0 saturated carbocycles. The van der Waals surface area contributed by atoms with Gasteiger partial charge < -0.3 is 15.2 Å². The van der Waals surface area contributed by atoms with E-state index in [1.807, 2.05) is 25.1 Å². The van der Waals surface area contributed by atoms with Crippen molar-refractivity contribution in [1.29, 1.82) is 0 Å². The summed E-state index contributed by atoms with van der Waals surface area (Å²) in [6.45, 7) is 3.00. The standard InChI is InChI=1S/C35H34N2O7S2/c1-23-18-20-28(21-19-23)46(42,43)45-34-30(36-29(39)22-25-12-6-3-7-13-25)33(40)37(34)31(24(2)38)35(41)44-32(26-14-8-4-9-15-26)27-16-10-5-11-17-27/h3-21,30-34,40H,22H2,1-2H3,(H,36,39). The number of esters is 1. The molecule has 1 heterocycles. The van der Waals surface area contributed by atoms with Crippen molar-refractivity contribution >= 4 is 37.3 Å². The van der Waals surface area contributed by atoms with Crippen LogP contribution in [0.15, 0.2) is 120 Å². The van der Waals surface area contributed by atoms with Gasteiger partial charge in [0.25, 0.3) is 0 Å². The van der Waals surface area contributed by atoms with Crippen molar-refractivity contribution in [3.05, 3.63) is 138 Å². The van der Waals surface area contributed by atoms with Crippen molar-refractivity contribution in [3.8, 4) is 0 Å². The maximum atomic E-state index is 13.9. The molecule has 9 nitrogen and oxygen atoms in total. The molecule has 1 amide bonds. The first-order valence-electron chi connectivity index (χ1n) is 14.6. The molecule has 4 aromatic carbocycles. The summed E-state index contributed by atoms with van der Waals surface area (Å²) in [5.41, 5.74) is 2.90. The number of aliphatic hydroxyl groups excluding tert-OH is 1. The second-order valence-corrected chi connectivity index (χ2v) is 15.0. The Balaban J connectivity index is 1.45. The van der Waals surface area contributed by atoms with Gasteiger partial charge in [-0.1, -0.05) is 109 Å². The molecule has 0 aliphatic carbocycles. The largest absolute Gasteiger partial charge is 0.451 e. The Kier molecular flexibility index (Phi) is 10.4. The monoisotopic (exact) mass is 658 g/mol. The number of carbonyl (C=O) groups is 3. The van der Waals surface area contributed by atoms with Crippen LogP contribution in [0, 0.1) is 6.92 Å². The minimum atomic E-state index is -4.07. The third kappa shape index (κ3) is 7.56. The molecule has 0 radical (unpaired) electrons. The molecule has 0 bridgehead atoms. The first-order chi connectivity index (χ1) is 22.0. The zero-order valence-corrected chi connectivity index (χ0v) is 26.9. The van der Waals surface area contributed by atoms with Crippen LogP contribution in [-0.2, 0) is 34.4 Å². The zero-order valence-electron chi connectivity index (χ0n) is 25.2. The number of hydrogen-bond donors (Lipinski definition) is 2. The van der Waals surface area contributed by atoms with Crippen molar-refractivity contribution in [2.75, 3.05) is 0 Å². The highest BCUT2D eigenvalue weighted by molar-refractivity contribution is 8.72. The quantitative estimate of drug-likeness (QED) is 0.129. The van der Waals surface area contributed by atoms with Crippen LogP contribution in [0.4, 0.5) is 0 Å². The van der Waals surface area contributed by atoms with Crippen LogP contribution in [0.5, 0.6) is 0 Å². The van der Waals surface area contributed by atoms with E-state index in [2.05, 4.69) is 5.32 Å². The fourth-order valence-corrected chi connectivity index (χ4v) is 8.91. The molecule has 0 aromatic heterocycles. The second-order valence-electron chi connectivity index (χ2n) is 11.0. The van der Waals surface area contributed by atoms with Gasteiger partial charge >= 0.3 is 5.97 Å². The van der Waals surface area contributed by atoms with Crippen LogP contribution in [-0.4, -0.2) is 59.8 Å². The molecule has 46 heavy (non-hydrogen) atoms. The van der Waals surface area contributed by atoms with E-state index in [-0.39, 0.29) is 11.3 Å². The minimum absolute atomic E-state index is 0.00831. The number of ketones is 1. The van der Waals surface area contributed by atoms with Crippen molar-refractivity contribution in [3.63, 3.8) is 0 Å². The number of aryl methyl sites for hydroxylation is 1. The molecule has 1 saturated heterocycles. The molecule has 5 rings (SSSR count). The number of aliphatic hydroxyl groups is 1. The first-order valence-corrected chi connectivity index (χ1v) is 17.5. The van der Waals surface area contributed by atoms with E-state index >= 15 is 0 Å². The Morgan fingerprint density at radius 1 is 0.848 bits per heavy atom. The number of hydrogen-bond acceptors (Lipinski definition) is 9. The summed E-state index contributed by atoms with van der Waals surface area (Å²) >= 11 is 0. The molecule has 1 aliphatic heterocycles. The number of nitrogens with zero attached hydrogens (tertiary/aromatic N) is 1. The van der Waals surface area contributed by atoms with Crippen LogP contribution >= 0.6 is 10.8 Å². The number of amides is 1. The maximum Gasteiger partial charge on any atom is 0.332 e. The molecule has 11 heteroatoms. The molecule has 1 fully saturated rings. The number of likely N-dealkylation sites (tertiary alicyclic amines) is 1. The van der Waals surface area contributed by atoms with Gasteiger partial charge in [0, 0.05) is 0 Å². The zero-order chi connectivity index (χ0) is 32.8. The number of ether oxygens (including phenoxy) is 1. The number of benzene rings is 4. The van der Waals surface area contributed by atoms with Crippen molar-refractivity contribution in [2.45, 2.75) is 55.0 Å². The van der Waals surface area contributed by atoms with Crippen molar-refractivity contribution in [2.24, 2.45) is 0 Å². The lowest BCUT2D eigenvalue weighted by molar-refractivity contribution is -0.181. The summed E-state index contributed by atoms with van der Waals surface area (Å²) < 4.78 is 33.1. The van der Waals surface area contributed by atoms with Crippen LogP contribution in [0.1, 0.15) is 35.3 Å². The third-order valence-corrected chi connectivity index (χ3v) is 11.4. The van der Waals surface area contributed by atoms with Crippen LogP contribution in [0.2, 0.25) is 0 Å². The summed E-state index contributed by atoms with van der Waals surface area (Å²) in [7, 11) is -3.61. The smallest absolute Gasteiger partial charge is 0.332 e. The van der Waals surface area contributed by atoms with E-state index in [4.69, 9.17) is 4.74 Å². The molecule has 2 N–H and O–H groups in total. The molecule has 4 atom stereocenters. The molecule has 0 spiro atoms. The van der Waals surface area contributed by atoms with Gasteiger partial charge in [-0.15, -0.1) is 0 Å². The van der Waals surface area contributed by atoms with Gasteiger partial charge in [0.1, 0.15) is 6.23 Å². The maximum absolute atomic E-state index is 13.9. The Morgan fingerprint density at radius 2 is 1.37 bits per heavy atom. The topological polar surface area (TPSA) is 130 Å². The number of nitrogens with one attached hydrogen (secondary N) is 1. The van der Waals surface area contributed by atoms with Gasteiger partial charge in [0.05, 0.1) is 22.7 Å². The van der Waals surface area contributed by atoms with Gasteiger partial charge in [-0.05, 0) is 53.5 Å². The summed E-state index contributed by atoms with van der Waals surface area (Å²) in [5.74, 6) is -2.07. The molecule has 238 valence electrons. The highest BCUT2D eigenvalue weighted by Crippen LogP contribution is 2.41. The minimum Gasteiger partial charge on any atom is -0.451 e.